The molecule has 1 unspecified atom stereocenters. The molecule has 0 fully saturated rings. The van der Waals surface area contributed by atoms with Gasteiger partial charge in [0.25, 0.3) is 0 Å². The summed E-state index contributed by atoms with van der Waals surface area (Å²) in [6, 6.07) is 9.01. The van der Waals surface area contributed by atoms with Gasteiger partial charge < -0.3 is 5.32 Å². The molecule has 1 aliphatic heterocycles. The van der Waals surface area contributed by atoms with E-state index >= 15 is 0 Å². The van der Waals surface area contributed by atoms with Gasteiger partial charge in [0.05, 0.1) is 6.04 Å². The van der Waals surface area contributed by atoms with Gasteiger partial charge in [-0.25, -0.2) is 0 Å². The average molecular weight is 169 g/mol. The van der Waals surface area contributed by atoms with Crippen LogP contribution in [0.2, 0.25) is 0 Å². The number of allylic oxidation sites excluding steroid dienone is 2. The van der Waals surface area contributed by atoms with Gasteiger partial charge in [-0.05, 0) is 11.6 Å². The van der Waals surface area contributed by atoms with Gasteiger partial charge in [0, 0.05) is 11.6 Å². The van der Waals surface area contributed by atoms with Gasteiger partial charge in [0.2, 0.25) is 0 Å². The molecule has 0 saturated heterocycles. The van der Waals surface area contributed by atoms with Crippen molar-refractivity contribution in [2.75, 3.05) is 5.32 Å². The zero-order chi connectivity index (χ0) is 8.67. The van der Waals surface area contributed by atoms with Crippen molar-refractivity contribution in [2.24, 2.45) is 0 Å². The van der Waals surface area contributed by atoms with Crippen LogP contribution >= 0.6 is 0 Å². The highest BCUT2D eigenvalue weighted by Gasteiger charge is 2.28. The Hall–Kier alpha value is -1.50. The first kappa shape index (κ1) is 6.96. The second-order valence-electron chi connectivity index (χ2n) is 3.55. The van der Waals surface area contributed by atoms with Crippen molar-refractivity contribution in [3.8, 4) is 0 Å². The minimum atomic E-state index is 0.474. The molecule has 13 heavy (non-hydrogen) atoms. The van der Waals surface area contributed by atoms with Crippen LogP contribution in [0.15, 0.2) is 48.6 Å². The molecule has 1 aromatic carbocycles. The molecular formula is C12H11N. The fourth-order valence-corrected chi connectivity index (χ4v) is 2.14. The molecule has 64 valence electrons. The lowest BCUT2D eigenvalue weighted by Gasteiger charge is -2.15. The third kappa shape index (κ3) is 0.934. The van der Waals surface area contributed by atoms with Gasteiger partial charge >= 0.3 is 0 Å². The van der Waals surface area contributed by atoms with Crippen LogP contribution in [0.3, 0.4) is 0 Å². The molecule has 0 aromatic heterocycles. The van der Waals surface area contributed by atoms with Crippen molar-refractivity contribution >= 4 is 5.69 Å². The topological polar surface area (TPSA) is 12.0 Å². The van der Waals surface area contributed by atoms with Gasteiger partial charge in [-0.3, -0.25) is 0 Å². The van der Waals surface area contributed by atoms with Gasteiger partial charge in [-0.15, -0.1) is 0 Å². The number of rotatable bonds is 0. The van der Waals surface area contributed by atoms with Crippen molar-refractivity contribution in [3.05, 3.63) is 54.1 Å². The highest BCUT2D eigenvalue weighted by atomic mass is 15.0. The molecule has 1 aliphatic carbocycles. The summed E-state index contributed by atoms with van der Waals surface area (Å²) in [5, 5.41) is 3.50. The smallest absolute Gasteiger partial charge is 0.0551 e. The molecule has 1 nitrogen and oxygen atoms in total. The number of hydrogen-bond acceptors (Lipinski definition) is 1. The standard InChI is InChI=1S/C12H11N/c1-3-7-11-9(5-1)10-6-2-4-8-12(10)13-11/h1-9,11,13H/t9?,11-/m1/s1. The molecule has 0 spiro atoms. The van der Waals surface area contributed by atoms with E-state index in [-0.39, 0.29) is 0 Å². The fourth-order valence-electron chi connectivity index (χ4n) is 2.14. The van der Waals surface area contributed by atoms with E-state index in [0.29, 0.717) is 12.0 Å². The van der Waals surface area contributed by atoms with Crippen molar-refractivity contribution in [2.45, 2.75) is 12.0 Å². The molecular weight excluding hydrogens is 158 g/mol. The third-order valence-corrected chi connectivity index (χ3v) is 2.78. The molecule has 1 aromatic rings. The number of para-hydroxylation sites is 1. The van der Waals surface area contributed by atoms with Crippen LogP contribution in [0.1, 0.15) is 11.5 Å². The van der Waals surface area contributed by atoms with Crippen LogP contribution in [0.5, 0.6) is 0 Å². The van der Waals surface area contributed by atoms with Crippen LogP contribution in [0, 0.1) is 0 Å². The van der Waals surface area contributed by atoms with E-state index in [2.05, 4.69) is 53.9 Å². The molecule has 1 heteroatoms. The highest BCUT2D eigenvalue weighted by molar-refractivity contribution is 5.62. The van der Waals surface area contributed by atoms with Crippen molar-refractivity contribution in [1.29, 1.82) is 0 Å². The second-order valence-corrected chi connectivity index (χ2v) is 3.55. The number of hydrogen-bond donors (Lipinski definition) is 1. The summed E-state index contributed by atoms with van der Waals surface area (Å²) in [7, 11) is 0. The Morgan fingerprint density at radius 1 is 1.00 bits per heavy atom. The summed E-state index contributed by atoms with van der Waals surface area (Å²) in [5.74, 6) is 0.543. The molecule has 2 atom stereocenters. The maximum Gasteiger partial charge on any atom is 0.0551 e. The maximum atomic E-state index is 3.50. The number of fused-ring (bicyclic) bond motifs is 3. The Labute approximate surface area is 77.8 Å². The normalized spacial score (nSPS) is 28.0. The molecule has 0 bridgehead atoms. The Morgan fingerprint density at radius 3 is 2.85 bits per heavy atom. The lowest BCUT2D eigenvalue weighted by Crippen LogP contribution is -2.17. The Morgan fingerprint density at radius 2 is 1.85 bits per heavy atom. The van der Waals surface area contributed by atoms with Crippen molar-refractivity contribution in [3.63, 3.8) is 0 Å². The summed E-state index contributed by atoms with van der Waals surface area (Å²) in [5.41, 5.74) is 2.71. The molecule has 1 N–H and O–H groups in total. The zero-order valence-electron chi connectivity index (χ0n) is 7.27. The predicted molar refractivity (Wildman–Crippen MR) is 54.9 cm³/mol. The first-order chi connectivity index (χ1) is 6.45. The maximum absolute atomic E-state index is 3.50. The Balaban J connectivity index is 2.12. The zero-order valence-corrected chi connectivity index (χ0v) is 7.27. The third-order valence-electron chi connectivity index (χ3n) is 2.78. The first-order valence-corrected chi connectivity index (χ1v) is 4.65. The summed E-state index contributed by atoms with van der Waals surface area (Å²) >= 11 is 0. The average Bonchev–Trinajstić information content (AvgIpc) is 2.56. The van der Waals surface area contributed by atoms with E-state index < -0.39 is 0 Å². The van der Waals surface area contributed by atoms with Gasteiger partial charge in [0.1, 0.15) is 0 Å². The second kappa shape index (κ2) is 2.49. The molecule has 0 amide bonds. The predicted octanol–water partition coefficient (Wildman–Crippen LogP) is 2.69. The van der Waals surface area contributed by atoms with Gasteiger partial charge in [-0.2, -0.15) is 0 Å². The highest BCUT2D eigenvalue weighted by Crippen LogP contribution is 2.38. The van der Waals surface area contributed by atoms with Crippen LogP contribution < -0.4 is 5.32 Å². The van der Waals surface area contributed by atoms with E-state index in [4.69, 9.17) is 0 Å². The van der Waals surface area contributed by atoms with Gasteiger partial charge in [-0.1, -0.05) is 42.5 Å². The van der Waals surface area contributed by atoms with E-state index in [1.54, 1.807) is 0 Å². The molecule has 1 heterocycles. The first-order valence-electron chi connectivity index (χ1n) is 4.65. The molecule has 0 radical (unpaired) electrons. The number of nitrogens with one attached hydrogen (secondary N) is 1. The van der Waals surface area contributed by atoms with Crippen LogP contribution in [0.4, 0.5) is 5.69 Å². The van der Waals surface area contributed by atoms with Crippen LogP contribution in [-0.4, -0.2) is 6.04 Å². The van der Waals surface area contributed by atoms with Crippen LogP contribution in [0.25, 0.3) is 0 Å². The van der Waals surface area contributed by atoms with Gasteiger partial charge in [0.15, 0.2) is 0 Å². The fraction of sp³-hybridized carbons (Fsp3) is 0.167. The lowest BCUT2D eigenvalue weighted by molar-refractivity contribution is 0.805. The summed E-state index contributed by atoms with van der Waals surface area (Å²) < 4.78 is 0. The number of benzene rings is 1. The summed E-state index contributed by atoms with van der Waals surface area (Å²) in [4.78, 5) is 0. The molecule has 0 saturated carbocycles. The lowest BCUT2D eigenvalue weighted by atomic mass is 9.92. The van der Waals surface area contributed by atoms with E-state index in [1.807, 2.05) is 0 Å². The SMILES string of the molecule is C1=CC2c3ccccc3N[C@@H]2C=C1. The molecule has 2 aliphatic rings. The Bertz CT molecular complexity index is 390. The monoisotopic (exact) mass is 169 g/mol. The quantitative estimate of drug-likeness (QED) is 0.629. The van der Waals surface area contributed by atoms with Crippen LogP contribution in [-0.2, 0) is 0 Å². The minimum absolute atomic E-state index is 0.474. The van der Waals surface area contributed by atoms with E-state index in [9.17, 15) is 0 Å². The van der Waals surface area contributed by atoms with E-state index in [1.165, 1.54) is 11.3 Å². The molecule has 3 rings (SSSR count). The summed E-state index contributed by atoms with van der Waals surface area (Å²) in [6.07, 6.45) is 8.74. The van der Waals surface area contributed by atoms with Crippen molar-refractivity contribution in [1.82, 2.24) is 0 Å². The van der Waals surface area contributed by atoms with Crippen molar-refractivity contribution < 1.29 is 0 Å². The Kier molecular flexibility index (Phi) is 1.33. The minimum Gasteiger partial charge on any atom is -0.378 e. The summed E-state index contributed by atoms with van der Waals surface area (Å²) in [6.45, 7) is 0. The van der Waals surface area contributed by atoms with E-state index in [0.717, 1.165) is 0 Å². The number of anilines is 1. The largest absolute Gasteiger partial charge is 0.378 e.